The lowest BCUT2D eigenvalue weighted by Gasteiger charge is -2.10. The quantitative estimate of drug-likeness (QED) is 0.331. The molecule has 0 atom stereocenters. The Kier molecular flexibility index (Phi) is 3.31. The van der Waals surface area contributed by atoms with Crippen LogP contribution in [0.15, 0.2) is 5.10 Å². The van der Waals surface area contributed by atoms with Gasteiger partial charge in [0, 0.05) is 13.8 Å². The molecular formula is C4H11N3O2S. The molecule has 1 N–H and O–H groups in total. The highest BCUT2D eigenvalue weighted by atomic mass is 32.2. The van der Waals surface area contributed by atoms with Crippen LogP contribution in [0, 0.1) is 0 Å². The summed E-state index contributed by atoms with van der Waals surface area (Å²) in [6.45, 7) is 3.36. The van der Waals surface area contributed by atoms with Gasteiger partial charge in [-0.05, 0) is 0 Å². The summed E-state index contributed by atoms with van der Waals surface area (Å²) in [6.07, 6.45) is 1.09. The van der Waals surface area contributed by atoms with Crippen LogP contribution in [0.3, 0.4) is 0 Å². The third-order valence-corrected chi connectivity index (χ3v) is 1.45. The second-order valence-corrected chi connectivity index (χ2v) is 3.71. The molecule has 0 radical (unpaired) electrons. The van der Waals surface area contributed by atoms with E-state index in [0.29, 0.717) is 0 Å². The lowest BCUT2D eigenvalue weighted by Crippen LogP contribution is -2.31. The van der Waals surface area contributed by atoms with Gasteiger partial charge in [-0.15, -0.1) is 0 Å². The molecule has 0 rings (SSSR count). The average molecular weight is 165 g/mol. The Morgan fingerprint density at radius 1 is 1.70 bits per heavy atom. The number of hydrogen-bond acceptors (Lipinski definition) is 4. The fourth-order valence-electron chi connectivity index (χ4n) is 0.261. The standard InChI is InChI=1S/C4H11N3O2S/c1-5-7(2)4-6-10(3,8)9/h6H,1,4H2,2-3H3. The van der Waals surface area contributed by atoms with Gasteiger partial charge >= 0.3 is 0 Å². The van der Waals surface area contributed by atoms with E-state index in [-0.39, 0.29) is 6.67 Å². The van der Waals surface area contributed by atoms with E-state index < -0.39 is 10.0 Å². The van der Waals surface area contributed by atoms with Crippen molar-refractivity contribution in [1.29, 1.82) is 0 Å². The van der Waals surface area contributed by atoms with E-state index in [2.05, 4.69) is 16.5 Å². The van der Waals surface area contributed by atoms with E-state index in [1.807, 2.05) is 0 Å². The molecule has 0 aromatic rings. The zero-order chi connectivity index (χ0) is 8.20. The first-order valence-electron chi connectivity index (χ1n) is 2.58. The first kappa shape index (κ1) is 9.38. The molecule has 0 aliphatic rings. The van der Waals surface area contributed by atoms with Gasteiger partial charge in [-0.3, -0.25) is 5.01 Å². The summed E-state index contributed by atoms with van der Waals surface area (Å²) in [7, 11) is -1.49. The maximum absolute atomic E-state index is 10.5. The Morgan fingerprint density at radius 3 is 2.50 bits per heavy atom. The number of nitrogens with zero attached hydrogens (tertiary/aromatic N) is 2. The number of hydrazone groups is 1. The van der Waals surface area contributed by atoms with Gasteiger partial charge in [0.25, 0.3) is 0 Å². The molecule has 0 saturated carbocycles. The molecule has 0 bridgehead atoms. The fourth-order valence-corrected chi connectivity index (χ4v) is 0.682. The maximum atomic E-state index is 10.5. The van der Waals surface area contributed by atoms with Crippen LogP contribution in [0.1, 0.15) is 0 Å². The highest BCUT2D eigenvalue weighted by molar-refractivity contribution is 7.88. The molecule has 10 heavy (non-hydrogen) atoms. The lowest BCUT2D eigenvalue weighted by atomic mass is 11.0. The smallest absolute Gasteiger partial charge is 0.210 e. The minimum absolute atomic E-state index is 0.155. The summed E-state index contributed by atoms with van der Waals surface area (Å²) < 4.78 is 23.1. The number of sulfonamides is 1. The number of hydrogen-bond donors (Lipinski definition) is 1. The SMILES string of the molecule is C=NN(C)CNS(C)(=O)=O. The predicted octanol–water partition coefficient (Wildman–Crippen LogP) is -0.959. The van der Waals surface area contributed by atoms with Crippen molar-refractivity contribution in [2.24, 2.45) is 5.10 Å². The summed E-state index contributed by atoms with van der Waals surface area (Å²) in [5.74, 6) is 0. The minimum atomic E-state index is -3.11. The van der Waals surface area contributed by atoms with Crippen molar-refractivity contribution < 1.29 is 8.42 Å². The molecular weight excluding hydrogens is 154 g/mol. The third-order valence-electron chi connectivity index (χ3n) is 0.797. The monoisotopic (exact) mass is 165 g/mol. The Bertz CT molecular complexity index is 199. The van der Waals surface area contributed by atoms with Crippen molar-refractivity contribution in [3.05, 3.63) is 0 Å². The first-order chi connectivity index (χ1) is 4.45. The van der Waals surface area contributed by atoms with Gasteiger partial charge in [-0.1, -0.05) is 0 Å². The highest BCUT2D eigenvalue weighted by Gasteiger charge is 1.99. The van der Waals surface area contributed by atoms with E-state index in [1.165, 1.54) is 5.01 Å². The average Bonchev–Trinajstić information content (AvgIpc) is 1.81. The summed E-state index contributed by atoms with van der Waals surface area (Å²) in [5, 5.41) is 4.82. The van der Waals surface area contributed by atoms with Crippen LogP contribution in [-0.2, 0) is 10.0 Å². The van der Waals surface area contributed by atoms with Gasteiger partial charge in [0.15, 0.2) is 0 Å². The highest BCUT2D eigenvalue weighted by Crippen LogP contribution is 1.78. The van der Waals surface area contributed by atoms with E-state index in [4.69, 9.17) is 0 Å². The topological polar surface area (TPSA) is 61.8 Å². The Balaban J connectivity index is 3.66. The van der Waals surface area contributed by atoms with Crippen molar-refractivity contribution in [3.63, 3.8) is 0 Å². The zero-order valence-corrected chi connectivity index (χ0v) is 6.85. The molecule has 0 saturated heterocycles. The van der Waals surface area contributed by atoms with Gasteiger partial charge in [0.2, 0.25) is 10.0 Å². The van der Waals surface area contributed by atoms with Crippen molar-refractivity contribution in [2.75, 3.05) is 20.0 Å². The summed E-state index contributed by atoms with van der Waals surface area (Å²) >= 11 is 0. The van der Waals surface area contributed by atoms with Gasteiger partial charge < -0.3 is 0 Å². The zero-order valence-electron chi connectivity index (χ0n) is 6.03. The van der Waals surface area contributed by atoms with Gasteiger partial charge in [-0.25, -0.2) is 8.42 Å². The Hall–Kier alpha value is -0.620. The van der Waals surface area contributed by atoms with Crippen molar-refractivity contribution in [2.45, 2.75) is 0 Å². The molecule has 0 aromatic carbocycles. The van der Waals surface area contributed by atoms with Crippen LogP contribution in [0.2, 0.25) is 0 Å². The van der Waals surface area contributed by atoms with E-state index in [9.17, 15) is 8.42 Å². The molecule has 0 heterocycles. The van der Waals surface area contributed by atoms with Crippen LogP contribution in [0.4, 0.5) is 0 Å². The van der Waals surface area contributed by atoms with Crippen LogP contribution >= 0.6 is 0 Å². The lowest BCUT2D eigenvalue weighted by molar-refractivity contribution is 0.352. The van der Waals surface area contributed by atoms with Crippen molar-refractivity contribution >= 4 is 16.7 Å². The molecule has 0 amide bonds. The molecule has 5 nitrogen and oxygen atoms in total. The van der Waals surface area contributed by atoms with E-state index in [0.717, 1.165) is 6.26 Å². The number of nitrogens with one attached hydrogen (secondary N) is 1. The molecule has 0 fully saturated rings. The van der Waals surface area contributed by atoms with Crippen LogP contribution in [-0.4, -0.2) is 40.1 Å². The normalized spacial score (nSPS) is 11.0. The Morgan fingerprint density at radius 2 is 2.20 bits per heavy atom. The minimum Gasteiger partial charge on any atom is -0.286 e. The van der Waals surface area contributed by atoms with Gasteiger partial charge in [-0.2, -0.15) is 9.82 Å². The molecule has 60 valence electrons. The van der Waals surface area contributed by atoms with Crippen LogP contribution in [0.25, 0.3) is 0 Å². The molecule has 0 aliphatic heterocycles. The van der Waals surface area contributed by atoms with Crippen molar-refractivity contribution in [1.82, 2.24) is 9.73 Å². The van der Waals surface area contributed by atoms with E-state index in [1.54, 1.807) is 7.05 Å². The molecule has 0 aromatic heterocycles. The Labute approximate surface area is 60.8 Å². The maximum Gasteiger partial charge on any atom is 0.210 e. The number of rotatable bonds is 4. The summed E-state index contributed by atoms with van der Waals surface area (Å²) in [6, 6.07) is 0. The molecule has 0 aliphatic carbocycles. The fraction of sp³-hybridized carbons (Fsp3) is 0.750. The third kappa shape index (κ3) is 5.52. The summed E-state index contributed by atoms with van der Waals surface area (Å²) in [5.41, 5.74) is 0. The van der Waals surface area contributed by atoms with E-state index >= 15 is 0 Å². The van der Waals surface area contributed by atoms with Gasteiger partial charge in [0.05, 0.1) is 12.9 Å². The largest absolute Gasteiger partial charge is 0.286 e. The second-order valence-electron chi connectivity index (χ2n) is 1.87. The molecule has 0 unspecified atom stereocenters. The second kappa shape index (κ2) is 3.52. The van der Waals surface area contributed by atoms with Crippen LogP contribution < -0.4 is 4.72 Å². The molecule has 0 spiro atoms. The first-order valence-corrected chi connectivity index (χ1v) is 4.47. The molecule has 6 heteroatoms. The van der Waals surface area contributed by atoms with Gasteiger partial charge in [0.1, 0.15) is 0 Å². The predicted molar refractivity (Wildman–Crippen MR) is 40.2 cm³/mol. The van der Waals surface area contributed by atoms with Crippen molar-refractivity contribution in [3.8, 4) is 0 Å². The summed E-state index contributed by atoms with van der Waals surface area (Å²) in [4.78, 5) is 0. The van der Waals surface area contributed by atoms with Crippen LogP contribution in [0.5, 0.6) is 0 Å².